The standard InChI is InChI=1S/C6H6NO.C5H5.Fe/c8-7-5-6-3-1-2-4-6;1-2-4-5-3-1;/h1-5,8H;1-5H;/q2*-1;+2/b7-5+;;. The Hall–Kier alpha value is -1.31. The zero-order chi connectivity index (χ0) is 9.36. The van der Waals surface area contributed by atoms with Gasteiger partial charge < -0.3 is 5.21 Å². The smallest absolute Gasteiger partial charge is 0.412 e. The van der Waals surface area contributed by atoms with Crippen LogP contribution in [0.5, 0.6) is 0 Å². The van der Waals surface area contributed by atoms with Crippen LogP contribution < -0.4 is 0 Å². The first-order valence-electron chi connectivity index (χ1n) is 3.99. The second-order valence-corrected chi connectivity index (χ2v) is 2.43. The van der Waals surface area contributed by atoms with Crippen molar-refractivity contribution in [2.24, 2.45) is 5.16 Å². The van der Waals surface area contributed by atoms with E-state index in [-0.39, 0.29) is 17.1 Å². The van der Waals surface area contributed by atoms with Gasteiger partial charge in [0.1, 0.15) is 0 Å². The second-order valence-electron chi connectivity index (χ2n) is 2.43. The van der Waals surface area contributed by atoms with Crippen molar-refractivity contribution >= 4 is 6.21 Å². The third-order valence-corrected chi connectivity index (χ3v) is 1.45. The summed E-state index contributed by atoms with van der Waals surface area (Å²) in [7, 11) is 0. The third kappa shape index (κ3) is 5.36. The van der Waals surface area contributed by atoms with Gasteiger partial charge in [0.2, 0.25) is 0 Å². The van der Waals surface area contributed by atoms with Crippen LogP contribution in [0, 0.1) is 0 Å². The quantitative estimate of drug-likeness (QED) is 0.263. The van der Waals surface area contributed by atoms with Gasteiger partial charge in [0.05, 0.1) is 0 Å². The van der Waals surface area contributed by atoms with Crippen LogP contribution in [-0.4, -0.2) is 11.4 Å². The van der Waals surface area contributed by atoms with Crippen LogP contribution in [0.25, 0.3) is 0 Å². The molecule has 2 aromatic carbocycles. The van der Waals surface area contributed by atoms with Crippen LogP contribution >= 0.6 is 0 Å². The number of rotatable bonds is 1. The molecule has 0 aliphatic heterocycles. The van der Waals surface area contributed by atoms with Gasteiger partial charge in [-0.15, -0.1) is 5.16 Å². The molecular weight excluding hydrogens is 218 g/mol. The Labute approximate surface area is 94.1 Å². The van der Waals surface area contributed by atoms with Crippen LogP contribution in [0.1, 0.15) is 5.56 Å². The summed E-state index contributed by atoms with van der Waals surface area (Å²) >= 11 is 0. The predicted octanol–water partition coefficient (Wildman–Crippen LogP) is 2.62. The van der Waals surface area contributed by atoms with E-state index in [1.54, 1.807) is 0 Å². The van der Waals surface area contributed by atoms with Crippen LogP contribution in [0.15, 0.2) is 59.8 Å². The molecule has 0 aromatic heterocycles. The molecule has 0 atom stereocenters. The molecule has 2 rings (SSSR count). The number of nitrogens with zero attached hydrogens (tertiary/aromatic N) is 1. The maximum Gasteiger partial charge on any atom is 2.00 e. The summed E-state index contributed by atoms with van der Waals surface area (Å²) < 4.78 is 0. The minimum absolute atomic E-state index is 0. The van der Waals surface area contributed by atoms with E-state index < -0.39 is 0 Å². The summed E-state index contributed by atoms with van der Waals surface area (Å²) in [6, 6.07) is 17.5. The van der Waals surface area contributed by atoms with E-state index in [0.29, 0.717) is 0 Å². The summed E-state index contributed by atoms with van der Waals surface area (Å²) in [4.78, 5) is 0. The fourth-order valence-electron chi connectivity index (χ4n) is 0.862. The van der Waals surface area contributed by atoms with Crippen molar-refractivity contribution in [3.63, 3.8) is 0 Å². The monoisotopic (exact) mass is 229 g/mol. The molecule has 14 heavy (non-hydrogen) atoms. The molecule has 0 saturated carbocycles. The zero-order valence-corrected chi connectivity index (χ0v) is 8.63. The largest absolute Gasteiger partial charge is 2.00 e. The zero-order valence-electron chi connectivity index (χ0n) is 7.52. The van der Waals surface area contributed by atoms with E-state index in [0.717, 1.165) is 5.56 Å². The van der Waals surface area contributed by atoms with Crippen molar-refractivity contribution < 1.29 is 22.3 Å². The van der Waals surface area contributed by atoms with E-state index in [9.17, 15) is 0 Å². The third-order valence-electron chi connectivity index (χ3n) is 1.45. The molecule has 1 N–H and O–H groups in total. The minimum Gasteiger partial charge on any atom is -0.412 e. The summed E-state index contributed by atoms with van der Waals surface area (Å²) in [6.45, 7) is 0. The van der Waals surface area contributed by atoms with Crippen molar-refractivity contribution in [2.45, 2.75) is 0 Å². The SMILES string of the molecule is O/N=C/c1cc[cH-]c1.[Fe+2].c1cc[cH-]c1. The van der Waals surface area contributed by atoms with E-state index >= 15 is 0 Å². The Bertz CT molecular complexity index is 294. The average Bonchev–Trinajstić information content (AvgIpc) is 2.79. The molecule has 0 unspecified atom stereocenters. The second kappa shape index (κ2) is 8.30. The van der Waals surface area contributed by atoms with Crippen molar-refractivity contribution in [1.29, 1.82) is 0 Å². The van der Waals surface area contributed by atoms with E-state index in [2.05, 4.69) is 5.16 Å². The summed E-state index contributed by atoms with van der Waals surface area (Å²) in [5, 5.41) is 10.9. The molecule has 0 radical (unpaired) electrons. The summed E-state index contributed by atoms with van der Waals surface area (Å²) in [5.74, 6) is 0. The van der Waals surface area contributed by atoms with Crippen molar-refractivity contribution in [1.82, 2.24) is 0 Å². The molecule has 0 heterocycles. The first kappa shape index (κ1) is 12.7. The molecule has 2 aromatic rings. The van der Waals surface area contributed by atoms with Crippen molar-refractivity contribution in [3.05, 3.63) is 60.2 Å². The average molecular weight is 229 g/mol. The fourth-order valence-corrected chi connectivity index (χ4v) is 0.862. The van der Waals surface area contributed by atoms with E-state index in [1.165, 1.54) is 6.21 Å². The van der Waals surface area contributed by atoms with Crippen molar-refractivity contribution in [3.8, 4) is 0 Å². The van der Waals surface area contributed by atoms with E-state index in [4.69, 9.17) is 5.21 Å². The van der Waals surface area contributed by atoms with E-state index in [1.807, 2.05) is 54.6 Å². The molecular formula is C11H11FeNO. The maximum absolute atomic E-state index is 8.01. The molecule has 2 nitrogen and oxygen atoms in total. The van der Waals surface area contributed by atoms with Gasteiger partial charge in [-0.25, -0.2) is 18.2 Å². The van der Waals surface area contributed by atoms with Gasteiger partial charge in [0, 0.05) is 6.21 Å². The molecule has 0 aliphatic carbocycles. The van der Waals surface area contributed by atoms with Crippen LogP contribution in [0.2, 0.25) is 0 Å². The van der Waals surface area contributed by atoms with Gasteiger partial charge in [-0.1, -0.05) is 0 Å². The molecule has 74 valence electrons. The molecule has 0 saturated heterocycles. The van der Waals surface area contributed by atoms with Crippen LogP contribution in [0.3, 0.4) is 0 Å². The molecule has 0 bridgehead atoms. The predicted molar refractivity (Wildman–Crippen MR) is 53.5 cm³/mol. The number of hydrogen-bond donors (Lipinski definition) is 1. The number of hydrogen-bond acceptors (Lipinski definition) is 2. The topological polar surface area (TPSA) is 32.6 Å². The Morgan fingerprint density at radius 3 is 2.21 bits per heavy atom. The minimum atomic E-state index is 0. The first-order valence-corrected chi connectivity index (χ1v) is 3.99. The van der Waals surface area contributed by atoms with Gasteiger partial charge in [-0.3, -0.25) is 0 Å². The Morgan fingerprint density at radius 2 is 1.86 bits per heavy atom. The van der Waals surface area contributed by atoms with Gasteiger partial charge in [0.15, 0.2) is 0 Å². The fraction of sp³-hybridized carbons (Fsp3) is 0. The van der Waals surface area contributed by atoms with Gasteiger partial charge in [-0.2, -0.15) is 42.0 Å². The number of oxime groups is 1. The Morgan fingerprint density at radius 1 is 1.14 bits per heavy atom. The molecule has 3 heteroatoms. The van der Waals surface area contributed by atoms with Gasteiger partial charge in [-0.05, 0) is 0 Å². The summed E-state index contributed by atoms with van der Waals surface area (Å²) in [6.07, 6.45) is 1.39. The molecule has 0 fully saturated rings. The van der Waals surface area contributed by atoms with Crippen LogP contribution in [0.4, 0.5) is 0 Å². The molecule has 0 aliphatic rings. The maximum atomic E-state index is 8.01. The molecule has 0 amide bonds. The summed E-state index contributed by atoms with van der Waals surface area (Å²) in [5.41, 5.74) is 0.924. The van der Waals surface area contributed by atoms with Crippen LogP contribution in [-0.2, 0) is 17.1 Å². The van der Waals surface area contributed by atoms with Gasteiger partial charge in [0.25, 0.3) is 0 Å². The van der Waals surface area contributed by atoms with Gasteiger partial charge >= 0.3 is 17.1 Å². The molecule has 0 spiro atoms. The van der Waals surface area contributed by atoms with Crippen molar-refractivity contribution in [2.75, 3.05) is 0 Å². The Kier molecular flexibility index (Phi) is 7.52. The normalized spacial score (nSPS) is 8.86. The first-order chi connectivity index (χ1) is 6.43. The Balaban J connectivity index is 0.000000246.